The fourth-order valence-corrected chi connectivity index (χ4v) is 2.34. The lowest BCUT2D eigenvalue weighted by atomic mass is 10.1. The van der Waals surface area contributed by atoms with Crippen molar-refractivity contribution in [3.05, 3.63) is 38.8 Å². The molecule has 0 saturated carbocycles. The van der Waals surface area contributed by atoms with Gasteiger partial charge in [-0.1, -0.05) is 12.2 Å². The van der Waals surface area contributed by atoms with E-state index in [2.05, 4.69) is 27.6 Å². The van der Waals surface area contributed by atoms with Gasteiger partial charge in [-0.15, -0.1) is 0 Å². The van der Waals surface area contributed by atoms with Gasteiger partial charge >= 0.3 is 0 Å². The van der Waals surface area contributed by atoms with Crippen molar-refractivity contribution in [3.63, 3.8) is 0 Å². The molecule has 0 aliphatic heterocycles. The Hall–Kier alpha value is -0.820. The number of hydrogen-bond acceptors (Lipinski definition) is 2. The molecule has 0 fully saturated rings. The van der Waals surface area contributed by atoms with Crippen molar-refractivity contribution in [3.8, 4) is 0 Å². The Bertz CT molecular complexity index is 598. The average Bonchev–Trinajstić information content (AvgIpc) is 2.18. The Morgan fingerprint density at radius 2 is 2.12 bits per heavy atom. The Kier molecular flexibility index (Phi) is 3.07. The van der Waals surface area contributed by atoms with Crippen LogP contribution in [-0.2, 0) is 0 Å². The molecule has 1 heterocycles. The van der Waals surface area contributed by atoms with Crippen molar-refractivity contribution < 1.29 is 4.39 Å². The third-order valence-corrected chi connectivity index (χ3v) is 3.07. The largest absolute Gasteiger partial charge is 0.389 e. The average molecular weight is 346 g/mol. The number of hydrogen-bond donors (Lipinski definition) is 1. The quantitative estimate of drug-likeness (QED) is 0.638. The van der Waals surface area contributed by atoms with Crippen LogP contribution in [0.3, 0.4) is 0 Å². The lowest BCUT2D eigenvalue weighted by molar-refractivity contribution is 0.635. The van der Waals surface area contributed by atoms with E-state index < -0.39 is 0 Å². The summed E-state index contributed by atoms with van der Waals surface area (Å²) in [5.41, 5.74) is 7.33. The minimum Gasteiger partial charge on any atom is -0.389 e. The summed E-state index contributed by atoms with van der Waals surface area (Å²) in [6.45, 7) is 1.79. The molecule has 2 nitrogen and oxygen atoms in total. The maximum atomic E-state index is 13.7. The fourth-order valence-electron chi connectivity index (χ4n) is 1.58. The first kappa shape index (κ1) is 11.7. The van der Waals surface area contributed by atoms with Gasteiger partial charge in [0, 0.05) is 20.2 Å². The van der Waals surface area contributed by atoms with Gasteiger partial charge in [-0.25, -0.2) is 9.37 Å². The van der Waals surface area contributed by atoms with Crippen LogP contribution >= 0.6 is 34.8 Å². The summed E-state index contributed by atoms with van der Waals surface area (Å²) in [7, 11) is 0. The van der Waals surface area contributed by atoms with Crippen LogP contribution in [0.1, 0.15) is 11.3 Å². The second-order valence-corrected chi connectivity index (χ2v) is 5.14. The van der Waals surface area contributed by atoms with Gasteiger partial charge in [0.15, 0.2) is 5.82 Å². The number of nitrogens with zero attached hydrogens (tertiary/aromatic N) is 1. The van der Waals surface area contributed by atoms with E-state index in [1.165, 1.54) is 6.07 Å². The molecule has 82 valence electrons. The molecule has 0 spiro atoms. The molecule has 2 aromatic rings. The lowest BCUT2D eigenvalue weighted by Gasteiger charge is -2.07. The number of thiocarbonyl (C=S) groups is 1. The second-order valence-electron chi connectivity index (χ2n) is 3.46. The number of rotatable bonds is 1. The molecule has 16 heavy (non-hydrogen) atoms. The molecule has 0 radical (unpaired) electrons. The van der Waals surface area contributed by atoms with E-state index in [4.69, 9.17) is 18.0 Å². The summed E-state index contributed by atoms with van der Waals surface area (Å²) in [5.74, 6) is -0.344. The number of pyridine rings is 1. The van der Waals surface area contributed by atoms with E-state index in [9.17, 15) is 4.39 Å². The van der Waals surface area contributed by atoms with Crippen LogP contribution in [0, 0.1) is 16.3 Å². The summed E-state index contributed by atoms with van der Waals surface area (Å²) < 4.78 is 14.5. The highest BCUT2D eigenvalue weighted by molar-refractivity contribution is 14.1. The minimum absolute atomic E-state index is 0.261. The van der Waals surface area contributed by atoms with Gasteiger partial charge in [-0.3, -0.25) is 0 Å². The molecular weight excluding hydrogens is 338 g/mol. The number of halogens is 2. The maximum absolute atomic E-state index is 13.7. The summed E-state index contributed by atoms with van der Waals surface area (Å²) in [6.07, 6.45) is 0. The molecule has 0 atom stereocenters. The number of aromatic nitrogens is 1. The summed E-state index contributed by atoms with van der Waals surface area (Å²) in [5, 5.41) is 0.669. The topological polar surface area (TPSA) is 38.9 Å². The molecule has 1 aromatic heterocycles. The zero-order valence-corrected chi connectivity index (χ0v) is 11.4. The van der Waals surface area contributed by atoms with Gasteiger partial charge in [-0.05, 0) is 47.7 Å². The number of benzene rings is 1. The fraction of sp³-hybridized carbons (Fsp3) is 0.0909. The van der Waals surface area contributed by atoms with E-state index in [-0.39, 0.29) is 10.8 Å². The van der Waals surface area contributed by atoms with Crippen molar-refractivity contribution in [1.29, 1.82) is 0 Å². The van der Waals surface area contributed by atoms with Crippen LogP contribution in [0.4, 0.5) is 4.39 Å². The number of fused-ring (bicyclic) bond motifs is 1. The smallest absolute Gasteiger partial charge is 0.150 e. The Morgan fingerprint density at radius 1 is 1.44 bits per heavy atom. The molecule has 0 amide bonds. The number of nitrogens with two attached hydrogens (primary N) is 1. The second kappa shape index (κ2) is 4.21. The molecule has 0 saturated heterocycles. The third kappa shape index (κ3) is 2.01. The highest BCUT2D eigenvalue weighted by atomic mass is 127. The van der Waals surface area contributed by atoms with E-state index in [0.717, 1.165) is 3.57 Å². The van der Waals surface area contributed by atoms with Crippen molar-refractivity contribution in [2.24, 2.45) is 5.73 Å². The third-order valence-electron chi connectivity index (χ3n) is 2.23. The monoisotopic (exact) mass is 346 g/mol. The predicted octanol–water partition coefficient (Wildman–Crippen LogP) is 2.92. The van der Waals surface area contributed by atoms with E-state index in [0.29, 0.717) is 22.2 Å². The predicted molar refractivity (Wildman–Crippen MR) is 75.0 cm³/mol. The SMILES string of the molecule is Cc1cc(C(N)=S)c2cc(I)cc(F)c2n1. The van der Waals surface area contributed by atoms with Crippen LogP contribution in [0.15, 0.2) is 18.2 Å². The van der Waals surface area contributed by atoms with Gasteiger partial charge in [0.05, 0.1) is 0 Å². The molecule has 0 aliphatic carbocycles. The normalized spacial score (nSPS) is 10.7. The molecule has 2 rings (SSSR count). The van der Waals surface area contributed by atoms with Crippen molar-refractivity contribution in [1.82, 2.24) is 4.98 Å². The molecule has 1 aromatic carbocycles. The van der Waals surface area contributed by atoms with Gasteiger partial charge in [-0.2, -0.15) is 0 Å². The van der Waals surface area contributed by atoms with Crippen LogP contribution in [0.5, 0.6) is 0 Å². The summed E-state index contributed by atoms with van der Waals surface area (Å²) in [6, 6.07) is 5.05. The van der Waals surface area contributed by atoms with Crippen LogP contribution in [0.25, 0.3) is 10.9 Å². The highest BCUT2D eigenvalue weighted by Crippen LogP contribution is 2.23. The minimum atomic E-state index is -0.344. The Labute approximate surface area is 111 Å². The first-order chi connectivity index (χ1) is 7.49. The molecular formula is C11H8FIN2S. The molecule has 5 heteroatoms. The zero-order valence-electron chi connectivity index (χ0n) is 8.42. The summed E-state index contributed by atoms with van der Waals surface area (Å²) in [4.78, 5) is 4.43. The van der Waals surface area contributed by atoms with Crippen molar-refractivity contribution in [2.75, 3.05) is 0 Å². The van der Waals surface area contributed by atoms with Crippen LogP contribution in [-0.4, -0.2) is 9.97 Å². The van der Waals surface area contributed by atoms with Crippen molar-refractivity contribution in [2.45, 2.75) is 6.92 Å². The van der Waals surface area contributed by atoms with E-state index >= 15 is 0 Å². The Balaban J connectivity index is 2.95. The van der Waals surface area contributed by atoms with Crippen LogP contribution < -0.4 is 5.73 Å². The molecule has 0 bridgehead atoms. The number of aryl methyl sites for hydroxylation is 1. The lowest BCUT2D eigenvalue weighted by Crippen LogP contribution is -2.11. The standard InChI is InChI=1S/C11H8FIN2S/c1-5-2-8(11(14)16)7-3-6(13)4-9(12)10(7)15-5/h2-4H,1H3,(H2,14,16). The first-order valence-corrected chi connectivity index (χ1v) is 6.04. The Morgan fingerprint density at radius 3 is 2.75 bits per heavy atom. The van der Waals surface area contributed by atoms with E-state index in [1.807, 2.05) is 6.07 Å². The van der Waals surface area contributed by atoms with E-state index in [1.54, 1.807) is 13.0 Å². The maximum Gasteiger partial charge on any atom is 0.150 e. The first-order valence-electron chi connectivity index (χ1n) is 4.55. The van der Waals surface area contributed by atoms with Gasteiger partial charge < -0.3 is 5.73 Å². The molecule has 0 aliphatic rings. The molecule has 0 unspecified atom stereocenters. The summed E-state index contributed by atoms with van der Waals surface area (Å²) >= 11 is 7.01. The van der Waals surface area contributed by atoms with Crippen molar-refractivity contribution >= 4 is 50.7 Å². The van der Waals surface area contributed by atoms with Crippen LogP contribution in [0.2, 0.25) is 0 Å². The zero-order chi connectivity index (χ0) is 11.9. The van der Waals surface area contributed by atoms with Gasteiger partial charge in [0.1, 0.15) is 10.5 Å². The molecule has 2 N–H and O–H groups in total. The highest BCUT2D eigenvalue weighted by Gasteiger charge is 2.11. The van der Waals surface area contributed by atoms with Gasteiger partial charge in [0.25, 0.3) is 0 Å². The van der Waals surface area contributed by atoms with Gasteiger partial charge in [0.2, 0.25) is 0 Å².